The molecule has 30 heavy (non-hydrogen) atoms. The van der Waals surface area contributed by atoms with Gasteiger partial charge in [0.05, 0.1) is 17.0 Å². The lowest BCUT2D eigenvalue weighted by Gasteiger charge is -2.22. The van der Waals surface area contributed by atoms with Crippen LogP contribution < -0.4 is 9.47 Å². The third-order valence-corrected chi connectivity index (χ3v) is 5.98. The maximum absolute atomic E-state index is 10.4. The van der Waals surface area contributed by atoms with Gasteiger partial charge in [0.2, 0.25) is 0 Å². The molecule has 0 spiro atoms. The van der Waals surface area contributed by atoms with Crippen LogP contribution in [0.15, 0.2) is 82.6 Å². The number of likely N-dealkylation sites (N-methyl/N-ethyl adjacent to an activating group) is 1. The molecule has 0 fully saturated rings. The molecule has 3 aromatic carbocycles. The number of aliphatic hydroxyl groups is 1. The van der Waals surface area contributed by atoms with E-state index in [-0.39, 0.29) is 6.61 Å². The number of methoxy groups -OCH3 is 1. The average molecular weight is 444 g/mol. The fraction of sp³-hybridized carbons (Fsp3) is 0.250. The van der Waals surface area contributed by atoms with Gasteiger partial charge >= 0.3 is 0 Å². The Labute approximate surface area is 187 Å². The summed E-state index contributed by atoms with van der Waals surface area (Å²) in [7, 11) is 3.68. The molecule has 0 heterocycles. The van der Waals surface area contributed by atoms with Gasteiger partial charge in [0.1, 0.15) is 24.2 Å². The van der Waals surface area contributed by atoms with Crippen LogP contribution in [0, 0.1) is 0 Å². The van der Waals surface area contributed by atoms with Crippen LogP contribution in [0.25, 0.3) is 0 Å². The molecule has 1 N–H and O–H groups in total. The summed E-state index contributed by atoms with van der Waals surface area (Å²) in [6, 6.07) is 23.6. The van der Waals surface area contributed by atoms with E-state index in [0.717, 1.165) is 15.5 Å². The molecular formula is C24H26ClNO3S. The van der Waals surface area contributed by atoms with Crippen molar-refractivity contribution in [2.24, 2.45) is 0 Å². The van der Waals surface area contributed by atoms with Crippen molar-refractivity contribution in [3.05, 3.63) is 83.4 Å². The van der Waals surface area contributed by atoms with Gasteiger partial charge in [-0.1, -0.05) is 65.8 Å². The normalized spacial score (nSPS) is 12.0. The number of ether oxygens (including phenoxy) is 2. The Bertz CT molecular complexity index is 953. The van der Waals surface area contributed by atoms with E-state index in [4.69, 9.17) is 21.1 Å². The first-order valence-corrected chi connectivity index (χ1v) is 10.9. The van der Waals surface area contributed by atoms with E-state index < -0.39 is 6.10 Å². The molecule has 3 rings (SSSR count). The number of hydrogen-bond donors (Lipinski definition) is 1. The molecule has 0 aromatic heterocycles. The van der Waals surface area contributed by atoms with Gasteiger partial charge in [0.25, 0.3) is 0 Å². The lowest BCUT2D eigenvalue weighted by Crippen LogP contribution is -2.32. The van der Waals surface area contributed by atoms with E-state index in [2.05, 4.69) is 23.1 Å². The van der Waals surface area contributed by atoms with Crippen LogP contribution in [0.2, 0.25) is 5.02 Å². The number of halogens is 1. The lowest BCUT2D eigenvalue weighted by atomic mass is 10.2. The van der Waals surface area contributed by atoms with Crippen molar-refractivity contribution in [2.75, 3.05) is 27.3 Å². The summed E-state index contributed by atoms with van der Waals surface area (Å²) in [5.41, 5.74) is 1.19. The number of para-hydroxylation sites is 2. The van der Waals surface area contributed by atoms with Crippen LogP contribution in [0.3, 0.4) is 0 Å². The molecule has 0 radical (unpaired) electrons. The molecule has 0 aliphatic carbocycles. The van der Waals surface area contributed by atoms with E-state index in [1.807, 2.05) is 49.5 Å². The molecule has 0 bridgehead atoms. The molecule has 0 saturated carbocycles. The fourth-order valence-electron chi connectivity index (χ4n) is 3.07. The van der Waals surface area contributed by atoms with Gasteiger partial charge in [0, 0.05) is 18.0 Å². The Morgan fingerprint density at radius 1 is 0.933 bits per heavy atom. The Hall–Kier alpha value is -2.18. The van der Waals surface area contributed by atoms with E-state index >= 15 is 0 Å². The topological polar surface area (TPSA) is 41.9 Å². The molecule has 0 aliphatic rings. The lowest BCUT2D eigenvalue weighted by molar-refractivity contribution is 0.0742. The second-order valence-electron chi connectivity index (χ2n) is 6.95. The SMILES string of the molecule is COc1ccccc1Sc1ccccc1CN(C)CC(O)COc1ccccc1Cl. The molecule has 1 atom stereocenters. The zero-order valence-corrected chi connectivity index (χ0v) is 18.7. The number of rotatable bonds is 10. The maximum Gasteiger partial charge on any atom is 0.138 e. The molecule has 0 amide bonds. The van der Waals surface area contributed by atoms with Crippen LogP contribution in [-0.2, 0) is 6.54 Å². The van der Waals surface area contributed by atoms with Gasteiger partial charge in [-0.25, -0.2) is 0 Å². The summed E-state index contributed by atoms with van der Waals surface area (Å²) in [6.07, 6.45) is -0.625. The number of aliphatic hydroxyl groups excluding tert-OH is 1. The Morgan fingerprint density at radius 3 is 2.30 bits per heavy atom. The molecular weight excluding hydrogens is 418 g/mol. The van der Waals surface area contributed by atoms with Gasteiger partial charge in [-0.05, 0) is 42.9 Å². The third-order valence-electron chi connectivity index (χ3n) is 4.49. The minimum Gasteiger partial charge on any atom is -0.496 e. The third kappa shape index (κ3) is 6.41. The zero-order valence-electron chi connectivity index (χ0n) is 17.1. The predicted molar refractivity (Wildman–Crippen MR) is 123 cm³/mol. The zero-order chi connectivity index (χ0) is 21.3. The molecule has 3 aromatic rings. The molecule has 4 nitrogen and oxygen atoms in total. The summed E-state index contributed by atoms with van der Waals surface area (Å²) < 4.78 is 11.1. The monoisotopic (exact) mass is 443 g/mol. The quantitative estimate of drug-likeness (QED) is 0.456. The summed E-state index contributed by atoms with van der Waals surface area (Å²) in [5, 5.41) is 10.9. The van der Waals surface area contributed by atoms with Gasteiger partial charge < -0.3 is 14.6 Å². The highest BCUT2D eigenvalue weighted by Crippen LogP contribution is 2.36. The van der Waals surface area contributed by atoms with Crippen molar-refractivity contribution < 1.29 is 14.6 Å². The van der Waals surface area contributed by atoms with E-state index in [1.54, 1.807) is 31.0 Å². The van der Waals surface area contributed by atoms with E-state index in [1.165, 1.54) is 5.56 Å². The highest BCUT2D eigenvalue weighted by Gasteiger charge is 2.13. The Morgan fingerprint density at radius 2 is 1.57 bits per heavy atom. The molecule has 1 unspecified atom stereocenters. The minimum absolute atomic E-state index is 0.186. The van der Waals surface area contributed by atoms with Gasteiger partial charge in [-0.2, -0.15) is 0 Å². The smallest absolute Gasteiger partial charge is 0.138 e. The minimum atomic E-state index is -0.625. The highest BCUT2D eigenvalue weighted by molar-refractivity contribution is 7.99. The highest BCUT2D eigenvalue weighted by atomic mass is 35.5. The number of hydrogen-bond acceptors (Lipinski definition) is 5. The van der Waals surface area contributed by atoms with Gasteiger partial charge in [0.15, 0.2) is 0 Å². The average Bonchev–Trinajstić information content (AvgIpc) is 2.75. The van der Waals surface area contributed by atoms with Crippen LogP contribution in [-0.4, -0.2) is 43.4 Å². The van der Waals surface area contributed by atoms with Gasteiger partial charge in [-0.3, -0.25) is 4.90 Å². The van der Waals surface area contributed by atoms with Crippen molar-refractivity contribution in [1.82, 2.24) is 4.90 Å². The molecule has 0 saturated heterocycles. The van der Waals surface area contributed by atoms with E-state index in [0.29, 0.717) is 23.9 Å². The van der Waals surface area contributed by atoms with Gasteiger partial charge in [-0.15, -0.1) is 0 Å². The molecule has 158 valence electrons. The first-order chi connectivity index (χ1) is 14.6. The summed E-state index contributed by atoms with van der Waals surface area (Å²) in [6.45, 7) is 1.38. The van der Waals surface area contributed by atoms with Crippen molar-refractivity contribution >= 4 is 23.4 Å². The van der Waals surface area contributed by atoms with Crippen LogP contribution in [0.5, 0.6) is 11.5 Å². The second-order valence-corrected chi connectivity index (χ2v) is 8.44. The van der Waals surface area contributed by atoms with Crippen molar-refractivity contribution in [2.45, 2.75) is 22.4 Å². The predicted octanol–water partition coefficient (Wildman–Crippen LogP) is 5.37. The van der Waals surface area contributed by atoms with Crippen molar-refractivity contribution in [3.63, 3.8) is 0 Å². The van der Waals surface area contributed by atoms with Crippen LogP contribution in [0.1, 0.15) is 5.56 Å². The van der Waals surface area contributed by atoms with Crippen molar-refractivity contribution in [1.29, 1.82) is 0 Å². The van der Waals surface area contributed by atoms with Crippen LogP contribution in [0.4, 0.5) is 0 Å². The second kappa shape index (κ2) is 11.3. The first kappa shape index (κ1) is 22.5. The fourth-order valence-corrected chi connectivity index (χ4v) is 4.31. The van der Waals surface area contributed by atoms with Crippen LogP contribution >= 0.6 is 23.4 Å². The van der Waals surface area contributed by atoms with E-state index in [9.17, 15) is 5.11 Å². The summed E-state index contributed by atoms with van der Waals surface area (Å²) in [4.78, 5) is 4.32. The standard InChI is InChI=1S/C24H26ClNO3S/c1-26(16-19(27)17-29-21-11-5-4-10-20(21)25)15-18-9-3-7-13-23(18)30-24-14-8-6-12-22(24)28-2/h3-14,19,27H,15-17H2,1-2H3. The maximum atomic E-state index is 10.4. The number of benzene rings is 3. The number of nitrogens with zero attached hydrogens (tertiary/aromatic N) is 1. The summed E-state index contributed by atoms with van der Waals surface area (Å²) >= 11 is 7.78. The Balaban J connectivity index is 1.58. The first-order valence-electron chi connectivity index (χ1n) is 9.69. The molecule has 0 aliphatic heterocycles. The van der Waals surface area contributed by atoms with Crippen molar-refractivity contribution in [3.8, 4) is 11.5 Å². The molecule has 6 heteroatoms. The summed E-state index contributed by atoms with van der Waals surface area (Å²) in [5.74, 6) is 1.44. The largest absolute Gasteiger partial charge is 0.496 e. The Kier molecular flexibility index (Phi) is 8.46.